The Morgan fingerprint density at radius 3 is 2.67 bits per heavy atom. The normalized spacial score (nSPS) is 22.0. The molecular weight excluding hydrogens is 383 g/mol. The predicted octanol–water partition coefficient (Wildman–Crippen LogP) is 1.74. The van der Waals surface area contributed by atoms with Crippen molar-refractivity contribution in [2.24, 2.45) is 10.9 Å². The van der Waals surface area contributed by atoms with Gasteiger partial charge < -0.3 is 20.3 Å². The molecule has 2 atom stereocenters. The Bertz CT molecular complexity index is 456. The fourth-order valence-corrected chi connectivity index (χ4v) is 2.63. The van der Waals surface area contributed by atoms with Crippen LogP contribution in [0.2, 0.25) is 0 Å². The molecule has 1 aliphatic carbocycles. The molecule has 0 saturated heterocycles. The van der Waals surface area contributed by atoms with Crippen LogP contribution in [0, 0.1) is 19.8 Å². The molecule has 6 nitrogen and oxygen atoms in total. The number of halogens is 1. The Labute approximate surface area is 142 Å². The summed E-state index contributed by atoms with van der Waals surface area (Å²) in [6.45, 7) is 5.22. The molecular formula is C14H25IN4O2. The van der Waals surface area contributed by atoms with Crippen LogP contribution in [0.3, 0.4) is 0 Å². The van der Waals surface area contributed by atoms with Gasteiger partial charge in [-0.05, 0) is 26.7 Å². The molecule has 0 amide bonds. The van der Waals surface area contributed by atoms with Gasteiger partial charge in [-0.25, -0.2) is 0 Å². The zero-order valence-electron chi connectivity index (χ0n) is 12.8. The fraction of sp³-hybridized carbons (Fsp3) is 0.714. The Morgan fingerprint density at radius 2 is 2.14 bits per heavy atom. The van der Waals surface area contributed by atoms with E-state index in [0.29, 0.717) is 12.5 Å². The zero-order valence-corrected chi connectivity index (χ0v) is 15.2. The van der Waals surface area contributed by atoms with Gasteiger partial charge in [0.15, 0.2) is 5.96 Å². The highest BCUT2D eigenvalue weighted by molar-refractivity contribution is 14.0. The lowest BCUT2D eigenvalue weighted by atomic mass is 10.1. The van der Waals surface area contributed by atoms with Gasteiger partial charge in [-0.15, -0.1) is 24.0 Å². The zero-order chi connectivity index (χ0) is 14.5. The maximum absolute atomic E-state index is 9.81. The molecule has 0 radical (unpaired) electrons. The predicted molar refractivity (Wildman–Crippen MR) is 92.9 cm³/mol. The van der Waals surface area contributed by atoms with Crippen LogP contribution in [-0.4, -0.2) is 35.9 Å². The number of aliphatic imine (C=N–C) groups is 1. The maximum Gasteiger partial charge on any atom is 0.191 e. The molecule has 2 unspecified atom stereocenters. The molecule has 7 heteroatoms. The lowest BCUT2D eigenvalue weighted by molar-refractivity contribution is 0.134. The molecule has 120 valence electrons. The van der Waals surface area contributed by atoms with Crippen molar-refractivity contribution in [1.29, 1.82) is 0 Å². The second kappa shape index (κ2) is 8.57. The summed E-state index contributed by atoms with van der Waals surface area (Å²) in [4.78, 5) is 4.19. The minimum Gasteiger partial charge on any atom is -0.393 e. The molecule has 3 N–H and O–H groups in total. The summed E-state index contributed by atoms with van der Waals surface area (Å²) in [6, 6.07) is 0. The summed E-state index contributed by atoms with van der Waals surface area (Å²) < 4.78 is 5.13. The first-order valence-corrected chi connectivity index (χ1v) is 7.16. The van der Waals surface area contributed by atoms with Gasteiger partial charge >= 0.3 is 0 Å². The summed E-state index contributed by atoms with van der Waals surface area (Å²) in [6.07, 6.45) is 2.92. The quantitative estimate of drug-likeness (QED) is 0.402. The van der Waals surface area contributed by atoms with Gasteiger partial charge in [-0.1, -0.05) is 11.6 Å². The Kier molecular flexibility index (Phi) is 7.44. The van der Waals surface area contributed by atoms with Crippen molar-refractivity contribution in [3.05, 3.63) is 17.0 Å². The number of nitrogens with zero attached hydrogens (tertiary/aromatic N) is 2. The van der Waals surface area contributed by atoms with Crippen LogP contribution in [0.5, 0.6) is 0 Å². The molecule has 1 heterocycles. The lowest BCUT2D eigenvalue weighted by Crippen LogP contribution is -2.40. The standard InChI is InChI=1S/C14H24N4O2.HI/c1-9-12(10(2)20-18-9)8-17-14(15-3)16-7-11-5-4-6-13(11)19;/h11,13,19H,4-8H2,1-3H3,(H2,15,16,17);1H. The number of rotatable bonds is 4. The van der Waals surface area contributed by atoms with Gasteiger partial charge in [0, 0.05) is 31.6 Å². The number of nitrogens with one attached hydrogen (secondary N) is 2. The molecule has 2 rings (SSSR count). The van der Waals surface area contributed by atoms with Crippen molar-refractivity contribution in [3.63, 3.8) is 0 Å². The molecule has 1 aliphatic rings. The molecule has 0 aromatic carbocycles. The number of aryl methyl sites for hydroxylation is 2. The average molecular weight is 408 g/mol. The number of hydrogen-bond acceptors (Lipinski definition) is 4. The molecule has 0 spiro atoms. The van der Waals surface area contributed by atoms with Crippen molar-refractivity contribution >= 4 is 29.9 Å². The fourth-order valence-electron chi connectivity index (χ4n) is 2.63. The van der Waals surface area contributed by atoms with Crippen LogP contribution in [0.4, 0.5) is 0 Å². The van der Waals surface area contributed by atoms with Crippen LogP contribution in [-0.2, 0) is 6.54 Å². The monoisotopic (exact) mass is 408 g/mol. The van der Waals surface area contributed by atoms with E-state index in [4.69, 9.17) is 4.52 Å². The first kappa shape index (κ1) is 18.2. The van der Waals surface area contributed by atoms with Gasteiger partial charge in [-0.3, -0.25) is 4.99 Å². The SMILES string of the molecule is CN=C(NCc1c(C)noc1C)NCC1CCCC1O.I. The van der Waals surface area contributed by atoms with Crippen LogP contribution in [0.25, 0.3) is 0 Å². The molecule has 1 aromatic heterocycles. The summed E-state index contributed by atoms with van der Waals surface area (Å²) in [7, 11) is 1.74. The van der Waals surface area contributed by atoms with Crippen molar-refractivity contribution in [1.82, 2.24) is 15.8 Å². The summed E-state index contributed by atoms with van der Waals surface area (Å²) >= 11 is 0. The Hall–Kier alpha value is -0.830. The summed E-state index contributed by atoms with van der Waals surface area (Å²) in [5, 5.41) is 20.3. The summed E-state index contributed by atoms with van der Waals surface area (Å²) in [5.41, 5.74) is 1.96. The van der Waals surface area contributed by atoms with Crippen molar-refractivity contribution in [2.75, 3.05) is 13.6 Å². The van der Waals surface area contributed by atoms with Crippen molar-refractivity contribution in [3.8, 4) is 0 Å². The van der Waals surface area contributed by atoms with Crippen LogP contribution in [0.1, 0.15) is 36.3 Å². The second-order valence-electron chi connectivity index (χ2n) is 5.37. The van der Waals surface area contributed by atoms with Gasteiger partial charge in [0.2, 0.25) is 0 Å². The highest BCUT2D eigenvalue weighted by Crippen LogP contribution is 2.24. The van der Waals surface area contributed by atoms with Gasteiger partial charge in [-0.2, -0.15) is 0 Å². The Morgan fingerprint density at radius 1 is 1.38 bits per heavy atom. The van der Waals surface area contributed by atoms with Crippen LogP contribution < -0.4 is 10.6 Å². The number of guanidine groups is 1. The van der Waals surface area contributed by atoms with Gasteiger partial charge in [0.05, 0.1) is 11.8 Å². The first-order valence-electron chi connectivity index (χ1n) is 7.16. The highest BCUT2D eigenvalue weighted by atomic mass is 127. The van der Waals surface area contributed by atoms with E-state index in [2.05, 4.69) is 20.8 Å². The van der Waals surface area contributed by atoms with E-state index in [0.717, 1.165) is 48.8 Å². The third-order valence-corrected chi connectivity index (χ3v) is 3.99. The van der Waals surface area contributed by atoms with E-state index in [1.54, 1.807) is 7.05 Å². The first-order chi connectivity index (χ1) is 9.61. The third-order valence-electron chi connectivity index (χ3n) is 3.99. The lowest BCUT2D eigenvalue weighted by Gasteiger charge is -2.17. The van der Waals surface area contributed by atoms with E-state index in [1.165, 1.54) is 0 Å². The Balaban J connectivity index is 0.00000220. The van der Waals surface area contributed by atoms with Gasteiger partial charge in [0.1, 0.15) is 5.76 Å². The van der Waals surface area contributed by atoms with E-state index in [1.807, 2.05) is 13.8 Å². The summed E-state index contributed by atoms with van der Waals surface area (Å²) in [5.74, 6) is 1.90. The molecule has 0 aliphatic heterocycles. The van der Waals surface area contributed by atoms with Crippen molar-refractivity contribution < 1.29 is 9.63 Å². The maximum atomic E-state index is 9.81. The minimum absolute atomic E-state index is 0. The number of hydrogen-bond donors (Lipinski definition) is 3. The third kappa shape index (κ3) is 4.84. The highest BCUT2D eigenvalue weighted by Gasteiger charge is 2.25. The van der Waals surface area contributed by atoms with E-state index < -0.39 is 0 Å². The van der Waals surface area contributed by atoms with Crippen molar-refractivity contribution in [2.45, 2.75) is 45.8 Å². The topological polar surface area (TPSA) is 82.7 Å². The van der Waals surface area contributed by atoms with E-state index in [-0.39, 0.29) is 30.1 Å². The van der Waals surface area contributed by atoms with Crippen LogP contribution >= 0.6 is 24.0 Å². The number of aliphatic hydroxyl groups excluding tert-OH is 1. The van der Waals surface area contributed by atoms with Gasteiger partial charge in [0.25, 0.3) is 0 Å². The molecule has 0 bridgehead atoms. The van der Waals surface area contributed by atoms with E-state index in [9.17, 15) is 5.11 Å². The van der Waals surface area contributed by atoms with Crippen LogP contribution in [0.15, 0.2) is 9.52 Å². The van der Waals surface area contributed by atoms with E-state index >= 15 is 0 Å². The molecule has 21 heavy (non-hydrogen) atoms. The minimum atomic E-state index is -0.178. The number of aromatic nitrogens is 1. The molecule has 1 saturated carbocycles. The largest absolute Gasteiger partial charge is 0.393 e. The molecule has 1 fully saturated rings. The average Bonchev–Trinajstić information content (AvgIpc) is 2.98. The smallest absolute Gasteiger partial charge is 0.191 e. The second-order valence-corrected chi connectivity index (χ2v) is 5.37. The number of aliphatic hydroxyl groups is 1. The molecule has 1 aromatic rings.